The van der Waals surface area contributed by atoms with Gasteiger partial charge in [-0.05, 0) is 38.0 Å². The van der Waals surface area contributed by atoms with Gasteiger partial charge < -0.3 is 15.5 Å². The van der Waals surface area contributed by atoms with Gasteiger partial charge in [-0.1, -0.05) is 12.1 Å². The van der Waals surface area contributed by atoms with Crippen molar-refractivity contribution in [1.29, 1.82) is 0 Å². The van der Waals surface area contributed by atoms with Crippen molar-refractivity contribution in [2.75, 3.05) is 18.4 Å². The highest BCUT2D eigenvalue weighted by Crippen LogP contribution is 2.33. The summed E-state index contributed by atoms with van der Waals surface area (Å²) in [5, 5.41) is 7.73. The Morgan fingerprint density at radius 3 is 2.84 bits per heavy atom. The van der Waals surface area contributed by atoms with Crippen LogP contribution < -0.4 is 16.0 Å². The molecule has 0 aliphatic carbocycles. The van der Waals surface area contributed by atoms with Gasteiger partial charge >= 0.3 is 12.2 Å². The largest absolute Gasteiger partial charge is 0.408 e. The Bertz CT molecular complexity index is 960. The maximum absolute atomic E-state index is 13.2. The number of rotatable bonds is 3. The standard InChI is InChI=1S/C20H23F3N6O2/c1-11-4-3-8-24-16(11)27-19(31)29-13-7-9-28(10-13)15-6-5-14(26-17(15)29)18(30)25-12(2)20(21,22)23/h3-6,8,12-14,26H,7,9-10H2,1-2H3,(H,25,30)(H,24,27,31)/t12-,13+,14?/m1/s1. The van der Waals surface area contributed by atoms with E-state index in [9.17, 15) is 22.8 Å². The summed E-state index contributed by atoms with van der Waals surface area (Å²) in [5.74, 6) is 0.0124. The van der Waals surface area contributed by atoms with Crippen LogP contribution in [0, 0.1) is 6.92 Å². The number of dihydropyridines is 1. The van der Waals surface area contributed by atoms with Gasteiger partial charge in [-0.2, -0.15) is 13.2 Å². The highest BCUT2D eigenvalue weighted by atomic mass is 19.4. The molecule has 3 atom stereocenters. The number of nitrogens with one attached hydrogen (secondary N) is 3. The number of anilines is 1. The summed E-state index contributed by atoms with van der Waals surface area (Å²) in [6.45, 7) is 4.09. The molecule has 8 nitrogen and oxygen atoms in total. The van der Waals surface area contributed by atoms with Gasteiger partial charge in [0, 0.05) is 19.3 Å². The number of hydrogen-bond acceptors (Lipinski definition) is 5. The number of amides is 3. The second-order valence-corrected chi connectivity index (χ2v) is 7.84. The zero-order chi connectivity index (χ0) is 22.3. The Balaban J connectivity index is 1.55. The van der Waals surface area contributed by atoms with Crippen molar-refractivity contribution in [3.8, 4) is 0 Å². The van der Waals surface area contributed by atoms with Gasteiger partial charge in [0.25, 0.3) is 0 Å². The number of aromatic nitrogens is 1. The lowest BCUT2D eigenvalue weighted by atomic mass is 10.1. The van der Waals surface area contributed by atoms with Crippen molar-refractivity contribution in [2.45, 2.75) is 44.6 Å². The third-order valence-corrected chi connectivity index (χ3v) is 5.68. The molecule has 11 heteroatoms. The first kappa shape index (κ1) is 21.0. The molecule has 3 amide bonds. The van der Waals surface area contributed by atoms with Crippen LogP contribution in [0.3, 0.4) is 0 Å². The molecule has 3 N–H and O–H groups in total. The van der Waals surface area contributed by atoms with E-state index in [2.05, 4.69) is 20.5 Å². The molecule has 1 aromatic heterocycles. The topological polar surface area (TPSA) is 89.6 Å². The van der Waals surface area contributed by atoms with Crippen LogP contribution in [0.25, 0.3) is 0 Å². The van der Waals surface area contributed by atoms with Crippen LogP contribution in [-0.2, 0) is 4.79 Å². The minimum Gasteiger partial charge on any atom is -0.366 e. The molecule has 166 valence electrons. The Labute approximate surface area is 177 Å². The van der Waals surface area contributed by atoms with Crippen LogP contribution in [0.4, 0.5) is 23.8 Å². The first-order valence-corrected chi connectivity index (χ1v) is 9.98. The molecule has 2 bridgehead atoms. The summed E-state index contributed by atoms with van der Waals surface area (Å²) in [7, 11) is 0. The van der Waals surface area contributed by atoms with Crippen LogP contribution in [0.1, 0.15) is 18.9 Å². The minimum atomic E-state index is -4.54. The molecule has 1 unspecified atom stereocenters. The predicted octanol–water partition coefficient (Wildman–Crippen LogP) is 2.08. The van der Waals surface area contributed by atoms with Crippen molar-refractivity contribution in [1.82, 2.24) is 25.4 Å². The molecule has 3 aliphatic heterocycles. The average molecular weight is 436 g/mol. The van der Waals surface area contributed by atoms with Crippen molar-refractivity contribution < 1.29 is 22.8 Å². The van der Waals surface area contributed by atoms with Crippen LogP contribution >= 0.6 is 0 Å². The fourth-order valence-corrected chi connectivity index (χ4v) is 3.92. The number of pyridine rings is 1. The highest BCUT2D eigenvalue weighted by molar-refractivity contribution is 5.91. The average Bonchev–Trinajstić information content (AvgIpc) is 3.13. The van der Waals surface area contributed by atoms with E-state index in [1.807, 2.05) is 18.3 Å². The number of aryl methyl sites for hydroxylation is 1. The molecule has 4 heterocycles. The van der Waals surface area contributed by atoms with Crippen molar-refractivity contribution in [3.05, 3.63) is 47.6 Å². The van der Waals surface area contributed by atoms with Gasteiger partial charge in [0.05, 0.1) is 11.7 Å². The van der Waals surface area contributed by atoms with E-state index < -0.39 is 30.2 Å². The zero-order valence-corrected chi connectivity index (χ0v) is 17.0. The maximum atomic E-state index is 13.2. The van der Waals surface area contributed by atoms with E-state index >= 15 is 0 Å². The summed E-state index contributed by atoms with van der Waals surface area (Å²) in [4.78, 5) is 33.4. The van der Waals surface area contributed by atoms with E-state index in [0.717, 1.165) is 31.1 Å². The summed E-state index contributed by atoms with van der Waals surface area (Å²) in [6.07, 6.45) is 0.960. The third kappa shape index (κ3) is 4.04. The lowest BCUT2D eigenvalue weighted by Gasteiger charge is -2.41. The number of allylic oxidation sites excluding steroid dienone is 1. The SMILES string of the molecule is Cc1cccnc1NC(=O)N1C2=C(C=CC(C(=O)N[C@H](C)C(F)(F)F)N2)N2CC[C@H]1C2. The van der Waals surface area contributed by atoms with E-state index in [0.29, 0.717) is 18.2 Å². The molecule has 0 aromatic carbocycles. The van der Waals surface area contributed by atoms with Gasteiger partial charge in [-0.25, -0.2) is 9.78 Å². The Morgan fingerprint density at radius 1 is 1.35 bits per heavy atom. The normalized spacial score (nSPS) is 23.3. The number of carbonyl (C=O) groups is 2. The van der Waals surface area contributed by atoms with E-state index in [4.69, 9.17) is 0 Å². The van der Waals surface area contributed by atoms with Crippen molar-refractivity contribution in [2.24, 2.45) is 0 Å². The van der Waals surface area contributed by atoms with Crippen LogP contribution in [0.15, 0.2) is 42.0 Å². The number of carbonyl (C=O) groups excluding carboxylic acids is 2. The summed E-state index contributed by atoms with van der Waals surface area (Å²) in [5.41, 5.74) is 1.53. The molecule has 1 fully saturated rings. The summed E-state index contributed by atoms with van der Waals surface area (Å²) >= 11 is 0. The molecule has 0 spiro atoms. The van der Waals surface area contributed by atoms with Crippen molar-refractivity contribution in [3.63, 3.8) is 0 Å². The predicted molar refractivity (Wildman–Crippen MR) is 107 cm³/mol. The number of urea groups is 1. The summed E-state index contributed by atoms with van der Waals surface area (Å²) in [6, 6.07) is 0.0357. The molecule has 1 saturated heterocycles. The molecule has 3 aliphatic rings. The van der Waals surface area contributed by atoms with Gasteiger partial charge in [0.15, 0.2) is 0 Å². The summed E-state index contributed by atoms with van der Waals surface area (Å²) < 4.78 is 38.5. The monoisotopic (exact) mass is 436 g/mol. The zero-order valence-electron chi connectivity index (χ0n) is 17.0. The van der Waals surface area contributed by atoms with Gasteiger partial charge in [0.1, 0.15) is 23.7 Å². The number of halogens is 3. The molecule has 31 heavy (non-hydrogen) atoms. The van der Waals surface area contributed by atoms with Crippen LogP contribution in [-0.4, -0.2) is 64.1 Å². The van der Waals surface area contributed by atoms with Crippen LogP contribution in [0.2, 0.25) is 0 Å². The number of hydrogen-bond donors (Lipinski definition) is 3. The first-order chi connectivity index (χ1) is 14.6. The minimum absolute atomic E-state index is 0.125. The Morgan fingerprint density at radius 2 is 2.13 bits per heavy atom. The molecule has 0 saturated carbocycles. The van der Waals surface area contributed by atoms with E-state index in [1.54, 1.807) is 23.2 Å². The quantitative estimate of drug-likeness (QED) is 0.675. The second kappa shape index (κ2) is 7.78. The number of fused-ring (bicyclic) bond motifs is 3. The Hall–Kier alpha value is -3.24. The van der Waals surface area contributed by atoms with Crippen LogP contribution in [0.5, 0.6) is 0 Å². The van der Waals surface area contributed by atoms with Gasteiger partial charge in [-0.3, -0.25) is 15.0 Å². The molecule has 0 radical (unpaired) electrons. The van der Waals surface area contributed by atoms with Gasteiger partial charge in [-0.15, -0.1) is 0 Å². The molecular weight excluding hydrogens is 413 g/mol. The lowest BCUT2D eigenvalue weighted by Crippen LogP contribution is -2.57. The fraction of sp³-hybridized carbons (Fsp3) is 0.450. The van der Waals surface area contributed by atoms with E-state index in [1.165, 1.54) is 6.08 Å². The molecule has 1 aromatic rings. The maximum Gasteiger partial charge on any atom is 0.408 e. The van der Waals surface area contributed by atoms with E-state index in [-0.39, 0.29) is 6.04 Å². The highest BCUT2D eigenvalue weighted by Gasteiger charge is 2.43. The third-order valence-electron chi connectivity index (χ3n) is 5.68. The lowest BCUT2D eigenvalue weighted by molar-refractivity contribution is -0.158. The van der Waals surface area contributed by atoms with Gasteiger partial charge in [0.2, 0.25) is 5.91 Å². The smallest absolute Gasteiger partial charge is 0.366 e. The fourth-order valence-electron chi connectivity index (χ4n) is 3.92. The van der Waals surface area contributed by atoms with Crippen molar-refractivity contribution >= 4 is 17.8 Å². The number of nitrogens with zero attached hydrogens (tertiary/aromatic N) is 3. The molecular formula is C20H23F3N6O2. The Kier molecular flexibility index (Phi) is 5.28. The molecule has 4 rings (SSSR count). The number of alkyl halides is 3. The second-order valence-electron chi connectivity index (χ2n) is 7.84. The first-order valence-electron chi connectivity index (χ1n) is 9.98.